The van der Waals surface area contributed by atoms with Gasteiger partial charge < -0.3 is 15.1 Å². The van der Waals surface area contributed by atoms with Gasteiger partial charge in [0.25, 0.3) is 0 Å². The topological polar surface area (TPSA) is 73.7 Å². The first kappa shape index (κ1) is 13.4. The molecule has 0 spiro atoms. The van der Waals surface area contributed by atoms with Crippen molar-refractivity contribution in [3.05, 3.63) is 24.0 Å². The van der Waals surface area contributed by atoms with Gasteiger partial charge in [0.05, 0.1) is 18.5 Å². The number of hydrogen-bond acceptors (Lipinski definition) is 4. The maximum Gasteiger partial charge on any atom is 0.354 e. The summed E-state index contributed by atoms with van der Waals surface area (Å²) in [6.45, 7) is 3.55. The van der Waals surface area contributed by atoms with Crippen LogP contribution in [0.25, 0.3) is 0 Å². The highest BCUT2D eigenvalue weighted by Gasteiger charge is 2.08. The van der Waals surface area contributed by atoms with Gasteiger partial charge in [0.15, 0.2) is 0 Å². The van der Waals surface area contributed by atoms with Crippen LogP contribution in [0, 0.1) is 0 Å². The van der Waals surface area contributed by atoms with E-state index in [2.05, 4.69) is 11.9 Å². The molecule has 0 radical (unpaired) electrons. The smallest absolute Gasteiger partial charge is 0.354 e. The number of aliphatic hydroxyl groups excluding tert-OH is 1. The Kier molecular flexibility index (Phi) is 5.42. The van der Waals surface area contributed by atoms with Crippen LogP contribution < -0.4 is 4.90 Å². The van der Waals surface area contributed by atoms with Crippen molar-refractivity contribution < 1.29 is 15.0 Å². The summed E-state index contributed by atoms with van der Waals surface area (Å²) in [4.78, 5) is 16.5. The van der Waals surface area contributed by atoms with Gasteiger partial charge in [-0.25, -0.2) is 9.78 Å². The van der Waals surface area contributed by atoms with E-state index >= 15 is 0 Å². The molecule has 0 unspecified atom stereocenters. The molecule has 0 bridgehead atoms. The molecule has 0 aliphatic carbocycles. The van der Waals surface area contributed by atoms with Crippen LogP contribution in [0.4, 0.5) is 5.69 Å². The Morgan fingerprint density at radius 2 is 2.18 bits per heavy atom. The third kappa shape index (κ3) is 4.03. The molecule has 1 aromatic rings. The summed E-state index contributed by atoms with van der Waals surface area (Å²) >= 11 is 0. The fourth-order valence-electron chi connectivity index (χ4n) is 1.54. The average molecular weight is 238 g/mol. The minimum atomic E-state index is -1.03. The second kappa shape index (κ2) is 6.85. The Bertz CT molecular complexity index is 351. The standard InChI is InChI=1S/C12H18N2O3/c1-2-3-6-14(7-8-15)10-4-5-11(12(16)17)13-9-10/h4-5,9,15H,2-3,6-8H2,1H3,(H,16,17). The van der Waals surface area contributed by atoms with Gasteiger partial charge in [-0.1, -0.05) is 13.3 Å². The van der Waals surface area contributed by atoms with Gasteiger partial charge in [0, 0.05) is 13.1 Å². The number of pyridine rings is 1. The van der Waals surface area contributed by atoms with Crippen molar-refractivity contribution in [1.29, 1.82) is 0 Å². The third-order valence-electron chi connectivity index (χ3n) is 2.48. The molecule has 0 aliphatic rings. The zero-order valence-corrected chi connectivity index (χ0v) is 9.96. The summed E-state index contributed by atoms with van der Waals surface area (Å²) < 4.78 is 0. The molecule has 5 heteroatoms. The van der Waals surface area contributed by atoms with Gasteiger partial charge >= 0.3 is 5.97 Å². The molecule has 94 valence electrons. The number of rotatable bonds is 7. The minimum Gasteiger partial charge on any atom is -0.477 e. The molecule has 17 heavy (non-hydrogen) atoms. The monoisotopic (exact) mass is 238 g/mol. The van der Waals surface area contributed by atoms with Gasteiger partial charge in [-0.15, -0.1) is 0 Å². The molecule has 0 saturated carbocycles. The van der Waals surface area contributed by atoms with Crippen LogP contribution in [0.1, 0.15) is 30.3 Å². The van der Waals surface area contributed by atoms with Crippen LogP contribution in [0.2, 0.25) is 0 Å². The lowest BCUT2D eigenvalue weighted by atomic mass is 10.2. The van der Waals surface area contributed by atoms with Crippen molar-refractivity contribution in [2.24, 2.45) is 0 Å². The normalized spacial score (nSPS) is 10.2. The second-order valence-corrected chi connectivity index (χ2v) is 3.77. The van der Waals surface area contributed by atoms with E-state index in [1.807, 2.05) is 4.90 Å². The summed E-state index contributed by atoms with van der Waals surface area (Å²) in [7, 11) is 0. The molecular formula is C12H18N2O3. The predicted octanol–water partition coefficient (Wildman–Crippen LogP) is 1.38. The third-order valence-corrected chi connectivity index (χ3v) is 2.48. The molecule has 1 rings (SSSR count). The molecular weight excluding hydrogens is 220 g/mol. The SMILES string of the molecule is CCCCN(CCO)c1ccc(C(=O)O)nc1. The number of aromatic nitrogens is 1. The van der Waals surface area contributed by atoms with Crippen molar-refractivity contribution in [2.45, 2.75) is 19.8 Å². The number of unbranched alkanes of at least 4 members (excludes halogenated alkanes) is 1. The Morgan fingerprint density at radius 3 is 2.65 bits per heavy atom. The molecule has 5 nitrogen and oxygen atoms in total. The Balaban J connectivity index is 2.75. The Morgan fingerprint density at radius 1 is 1.41 bits per heavy atom. The summed E-state index contributed by atoms with van der Waals surface area (Å²) in [5.41, 5.74) is 0.880. The fraction of sp³-hybridized carbons (Fsp3) is 0.500. The molecule has 0 amide bonds. The first-order valence-corrected chi connectivity index (χ1v) is 5.74. The summed E-state index contributed by atoms with van der Waals surface area (Å²) in [5, 5.41) is 17.7. The van der Waals surface area contributed by atoms with E-state index in [9.17, 15) is 4.79 Å². The van der Waals surface area contributed by atoms with E-state index in [4.69, 9.17) is 10.2 Å². The van der Waals surface area contributed by atoms with Crippen LogP contribution >= 0.6 is 0 Å². The Hall–Kier alpha value is -1.62. The minimum absolute atomic E-state index is 0.0354. The highest BCUT2D eigenvalue weighted by Crippen LogP contribution is 2.13. The average Bonchev–Trinajstić information content (AvgIpc) is 2.34. The van der Waals surface area contributed by atoms with Gasteiger partial charge in [-0.05, 0) is 18.6 Å². The van der Waals surface area contributed by atoms with Crippen LogP contribution in [0.3, 0.4) is 0 Å². The van der Waals surface area contributed by atoms with Crippen LogP contribution in [-0.4, -0.2) is 40.9 Å². The number of aromatic carboxylic acids is 1. The van der Waals surface area contributed by atoms with E-state index in [0.29, 0.717) is 6.54 Å². The lowest BCUT2D eigenvalue weighted by molar-refractivity contribution is 0.0690. The van der Waals surface area contributed by atoms with Gasteiger partial charge in [0.1, 0.15) is 5.69 Å². The molecule has 1 heterocycles. The van der Waals surface area contributed by atoms with E-state index in [1.165, 1.54) is 12.3 Å². The van der Waals surface area contributed by atoms with E-state index in [-0.39, 0.29) is 12.3 Å². The number of anilines is 1. The zero-order chi connectivity index (χ0) is 12.7. The molecule has 0 saturated heterocycles. The molecule has 0 fully saturated rings. The van der Waals surface area contributed by atoms with Crippen molar-refractivity contribution in [3.8, 4) is 0 Å². The quantitative estimate of drug-likeness (QED) is 0.750. The largest absolute Gasteiger partial charge is 0.477 e. The fourth-order valence-corrected chi connectivity index (χ4v) is 1.54. The summed E-state index contributed by atoms with van der Waals surface area (Å²) in [5.74, 6) is -1.03. The van der Waals surface area contributed by atoms with Crippen LogP contribution in [0.15, 0.2) is 18.3 Å². The maximum atomic E-state index is 10.7. The van der Waals surface area contributed by atoms with E-state index in [0.717, 1.165) is 25.1 Å². The molecule has 2 N–H and O–H groups in total. The van der Waals surface area contributed by atoms with Gasteiger partial charge in [-0.3, -0.25) is 0 Å². The van der Waals surface area contributed by atoms with Gasteiger partial charge in [0.2, 0.25) is 0 Å². The van der Waals surface area contributed by atoms with Crippen molar-refractivity contribution in [1.82, 2.24) is 4.98 Å². The molecule has 0 aromatic carbocycles. The number of nitrogens with zero attached hydrogens (tertiary/aromatic N) is 2. The lowest BCUT2D eigenvalue weighted by Gasteiger charge is -2.23. The number of carboxylic acids is 1. The number of aliphatic hydroxyl groups is 1. The summed E-state index contributed by atoms with van der Waals surface area (Å²) in [6.07, 6.45) is 3.64. The Labute approximate surface area is 101 Å². The molecule has 1 aromatic heterocycles. The highest BCUT2D eigenvalue weighted by atomic mass is 16.4. The second-order valence-electron chi connectivity index (χ2n) is 3.77. The molecule has 0 atom stereocenters. The van der Waals surface area contributed by atoms with Crippen LogP contribution in [0.5, 0.6) is 0 Å². The van der Waals surface area contributed by atoms with Gasteiger partial charge in [-0.2, -0.15) is 0 Å². The predicted molar refractivity (Wildman–Crippen MR) is 65.4 cm³/mol. The lowest BCUT2D eigenvalue weighted by Crippen LogP contribution is -2.27. The first-order valence-electron chi connectivity index (χ1n) is 5.74. The highest BCUT2D eigenvalue weighted by molar-refractivity contribution is 5.85. The zero-order valence-electron chi connectivity index (χ0n) is 9.96. The van der Waals surface area contributed by atoms with Crippen molar-refractivity contribution in [3.63, 3.8) is 0 Å². The number of carboxylic acid groups (broad SMARTS) is 1. The van der Waals surface area contributed by atoms with Crippen LogP contribution in [-0.2, 0) is 0 Å². The van der Waals surface area contributed by atoms with E-state index in [1.54, 1.807) is 6.07 Å². The van der Waals surface area contributed by atoms with Crippen molar-refractivity contribution in [2.75, 3.05) is 24.6 Å². The molecule has 0 aliphatic heterocycles. The maximum absolute atomic E-state index is 10.7. The number of carbonyl (C=O) groups is 1. The number of hydrogen-bond donors (Lipinski definition) is 2. The summed E-state index contributed by atoms with van der Waals surface area (Å²) in [6, 6.07) is 3.20. The first-order chi connectivity index (χ1) is 8.19. The van der Waals surface area contributed by atoms with Crippen molar-refractivity contribution >= 4 is 11.7 Å². The van der Waals surface area contributed by atoms with E-state index < -0.39 is 5.97 Å².